The van der Waals surface area contributed by atoms with Gasteiger partial charge in [0.25, 0.3) is 0 Å². The maximum absolute atomic E-state index is 5.88. The quantitative estimate of drug-likeness (QED) is 0.860. The van der Waals surface area contributed by atoms with E-state index in [9.17, 15) is 0 Å². The highest BCUT2D eigenvalue weighted by Crippen LogP contribution is 2.30. The fraction of sp³-hybridized carbons (Fsp3) is 0.167. The second kappa shape index (κ2) is 6.00. The van der Waals surface area contributed by atoms with Gasteiger partial charge in [-0.2, -0.15) is 0 Å². The summed E-state index contributed by atoms with van der Waals surface area (Å²) in [5.41, 5.74) is 5.75. The molecule has 0 saturated carbocycles. The lowest BCUT2D eigenvalue weighted by Crippen LogP contribution is -2.17. The van der Waals surface area contributed by atoms with E-state index in [4.69, 9.17) is 10.5 Å². The molecule has 2 nitrogen and oxygen atoms in total. The number of hydrogen-bond acceptors (Lipinski definition) is 3. The summed E-state index contributed by atoms with van der Waals surface area (Å²) in [5, 5.41) is 0. The lowest BCUT2D eigenvalue weighted by atomic mass is 10.3. The van der Waals surface area contributed by atoms with E-state index in [1.54, 1.807) is 11.3 Å². The van der Waals surface area contributed by atoms with E-state index in [0.717, 1.165) is 18.9 Å². The first-order valence-corrected chi connectivity index (χ1v) is 7.47. The van der Waals surface area contributed by atoms with E-state index >= 15 is 0 Å². The van der Waals surface area contributed by atoms with E-state index in [0.29, 0.717) is 6.54 Å². The third kappa shape index (κ3) is 3.55. The Morgan fingerprint density at radius 2 is 2.06 bits per heavy atom. The van der Waals surface area contributed by atoms with Crippen LogP contribution in [0.15, 0.2) is 44.7 Å². The van der Waals surface area contributed by atoms with E-state index in [1.165, 1.54) is 0 Å². The summed E-state index contributed by atoms with van der Waals surface area (Å²) in [6.07, 6.45) is -0.0967. The molecule has 2 N–H and O–H groups in total. The molecule has 0 spiro atoms. The van der Waals surface area contributed by atoms with Crippen LogP contribution in [0.3, 0.4) is 0 Å². The Labute approximate surface area is 121 Å². The van der Waals surface area contributed by atoms with Crippen LogP contribution in [0.1, 0.15) is 11.0 Å². The van der Waals surface area contributed by atoms with Crippen molar-refractivity contribution in [1.29, 1.82) is 0 Å². The van der Waals surface area contributed by atoms with Gasteiger partial charge in [-0.15, -0.1) is 11.3 Å². The Bertz CT molecular complexity index is 501. The topological polar surface area (TPSA) is 35.2 Å². The van der Waals surface area contributed by atoms with Gasteiger partial charge in [0.05, 0.1) is 3.79 Å². The SMILES string of the molecule is NCC(Oc1cccc(Br)c1)c1ccc(Br)s1. The van der Waals surface area contributed by atoms with Gasteiger partial charge in [0, 0.05) is 15.9 Å². The first-order chi connectivity index (χ1) is 8.19. The summed E-state index contributed by atoms with van der Waals surface area (Å²) < 4.78 is 7.96. The van der Waals surface area contributed by atoms with Crippen LogP contribution in [-0.4, -0.2) is 6.54 Å². The standard InChI is InChI=1S/C12H11Br2NOS/c13-8-2-1-3-9(6-8)16-10(7-15)11-4-5-12(14)17-11/h1-6,10H,7,15H2. The molecule has 1 heterocycles. The van der Waals surface area contributed by atoms with Crippen LogP contribution in [0.4, 0.5) is 0 Å². The molecule has 1 aromatic heterocycles. The zero-order chi connectivity index (χ0) is 12.3. The van der Waals surface area contributed by atoms with Crippen molar-refractivity contribution in [2.75, 3.05) is 6.54 Å². The smallest absolute Gasteiger partial charge is 0.145 e. The van der Waals surface area contributed by atoms with Gasteiger partial charge in [-0.3, -0.25) is 0 Å². The molecule has 0 aliphatic carbocycles. The molecular weight excluding hydrogens is 366 g/mol. The van der Waals surface area contributed by atoms with Gasteiger partial charge in [0.15, 0.2) is 0 Å². The van der Waals surface area contributed by atoms with Gasteiger partial charge in [-0.1, -0.05) is 22.0 Å². The average molecular weight is 377 g/mol. The molecule has 1 aromatic carbocycles. The van der Waals surface area contributed by atoms with Gasteiger partial charge >= 0.3 is 0 Å². The molecule has 2 rings (SSSR count). The maximum Gasteiger partial charge on any atom is 0.145 e. The number of hydrogen-bond donors (Lipinski definition) is 1. The van der Waals surface area contributed by atoms with Crippen LogP contribution in [0.2, 0.25) is 0 Å². The van der Waals surface area contributed by atoms with Crippen molar-refractivity contribution in [2.45, 2.75) is 6.10 Å². The van der Waals surface area contributed by atoms with Gasteiger partial charge in [-0.25, -0.2) is 0 Å². The van der Waals surface area contributed by atoms with Crippen LogP contribution in [0.25, 0.3) is 0 Å². The second-order valence-corrected chi connectivity index (χ2v) is 6.85. The van der Waals surface area contributed by atoms with Crippen molar-refractivity contribution in [3.8, 4) is 5.75 Å². The normalized spacial score (nSPS) is 12.4. The summed E-state index contributed by atoms with van der Waals surface area (Å²) in [7, 11) is 0. The Kier molecular flexibility index (Phi) is 4.62. The molecule has 2 aromatic rings. The zero-order valence-corrected chi connectivity index (χ0v) is 12.9. The summed E-state index contributed by atoms with van der Waals surface area (Å²) >= 11 is 8.50. The fourth-order valence-corrected chi connectivity index (χ4v) is 3.27. The zero-order valence-electron chi connectivity index (χ0n) is 8.90. The lowest BCUT2D eigenvalue weighted by molar-refractivity contribution is 0.218. The summed E-state index contributed by atoms with van der Waals surface area (Å²) in [4.78, 5) is 1.12. The molecular formula is C12H11Br2NOS. The summed E-state index contributed by atoms with van der Waals surface area (Å²) in [5.74, 6) is 0.819. The molecule has 90 valence electrons. The highest BCUT2D eigenvalue weighted by molar-refractivity contribution is 9.11. The van der Waals surface area contributed by atoms with Crippen molar-refractivity contribution in [3.05, 3.63) is 49.5 Å². The third-order valence-corrected chi connectivity index (χ3v) is 4.41. The van der Waals surface area contributed by atoms with Crippen LogP contribution < -0.4 is 10.5 Å². The monoisotopic (exact) mass is 375 g/mol. The largest absolute Gasteiger partial charge is 0.484 e. The van der Waals surface area contributed by atoms with Crippen LogP contribution >= 0.6 is 43.2 Å². The summed E-state index contributed by atoms with van der Waals surface area (Å²) in [6, 6.07) is 11.8. The van der Waals surface area contributed by atoms with E-state index in [2.05, 4.69) is 31.9 Å². The number of thiophene rings is 1. The van der Waals surface area contributed by atoms with Crippen molar-refractivity contribution < 1.29 is 4.74 Å². The number of nitrogens with two attached hydrogens (primary N) is 1. The van der Waals surface area contributed by atoms with Crippen molar-refractivity contribution in [2.24, 2.45) is 5.73 Å². The molecule has 0 aliphatic heterocycles. The molecule has 1 unspecified atom stereocenters. The Balaban J connectivity index is 2.15. The molecule has 0 radical (unpaired) electrons. The number of benzene rings is 1. The average Bonchev–Trinajstić information content (AvgIpc) is 2.73. The van der Waals surface area contributed by atoms with E-state index in [1.807, 2.05) is 36.4 Å². The second-order valence-electron chi connectivity index (χ2n) is 3.44. The fourth-order valence-electron chi connectivity index (χ4n) is 1.43. The van der Waals surface area contributed by atoms with Crippen LogP contribution in [0.5, 0.6) is 5.75 Å². The molecule has 1 atom stereocenters. The van der Waals surface area contributed by atoms with Crippen LogP contribution in [-0.2, 0) is 0 Å². The first-order valence-electron chi connectivity index (χ1n) is 5.06. The summed E-state index contributed by atoms with van der Waals surface area (Å²) in [6.45, 7) is 0.458. The van der Waals surface area contributed by atoms with Gasteiger partial charge in [0.1, 0.15) is 11.9 Å². The van der Waals surface area contributed by atoms with E-state index < -0.39 is 0 Å². The van der Waals surface area contributed by atoms with Crippen molar-refractivity contribution in [1.82, 2.24) is 0 Å². The minimum absolute atomic E-state index is 0.0967. The van der Waals surface area contributed by atoms with Gasteiger partial charge in [0.2, 0.25) is 0 Å². The number of halogens is 2. The molecule has 5 heteroatoms. The number of rotatable bonds is 4. The third-order valence-electron chi connectivity index (χ3n) is 2.20. The Morgan fingerprint density at radius 3 is 2.65 bits per heavy atom. The molecule has 0 aliphatic rings. The molecule has 0 amide bonds. The molecule has 17 heavy (non-hydrogen) atoms. The highest BCUT2D eigenvalue weighted by Gasteiger charge is 2.13. The molecule has 0 bridgehead atoms. The molecule has 0 saturated heterocycles. The minimum atomic E-state index is -0.0967. The predicted molar refractivity (Wildman–Crippen MR) is 78.6 cm³/mol. The lowest BCUT2D eigenvalue weighted by Gasteiger charge is -2.16. The Hall–Kier alpha value is -0.360. The maximum atomic E-state index is 5.88. The van der Waals surface area contributed by atoms with Crippen molar-refractivity contribution >= 4 is 43.2 Å². The first kappa shape index (κ1) is 13.1. The van der Waals surface area contributed by atoms with Gasteiger partial charge in [-0.05, 0) is 46.3 Å². The number of ether oxygens (including phenoxy) is 1. The van der Waals surface area contributed by atoms with Crippen LogP contribution in [0, 0.1) is 0 Å². The predicted octanol–water partition coefficient (Wildman–Crippen LogP) is 4.35. The van der Waals surface area contributed by atoms with Gasteiger partial charge < -0.3 is 10.5 Å². The molecule has 0 fully saturated rings. The van der Waals surface area contributed by atoms with Crippen molar-refractivity contribution in [3.63, 3.8) is 0 Å². The Morgan fingerprint density at radius 1 is 1.24 bits per heavy atom. The highest BCUT2D eigenvalue weighted by atomic mass is 79.9. The minimum Gasteiger partial charge on any atom is -0.484 e. The van der Waals surface area contributed by atoms with E-state index in [-0.39, 0.29) is 6.10 Å².